The highest BCUT2D eigenvalue weighted by Crippen LogP contribution is 2.42. The van der Waals surface area contributed by atoms with E-state index in [1.807, 2.05) is 46.0 Å². The van der Waals surface area contributed by atoms with E-state index < -0.39 is 0 Å². The zero-order chi connectivity index (χ0) is 21.4. The standard InChI is InChI=1S/C24H18F2N4S/c25-16-6-10-18(11-7-16)29-15-3-5-21(29)23-22(20-4-1-2-14-27-20)28-24(31)30(23)19-12-8-17(26)9-13-19/h1-15,22-23H,(H,28,31). The summed E-state index contributed by atoms with van der Waals surface area (Å²) in [6.07, 6.45) is 3.68. The van der Waals surface area contributed by atoms with Gasteiger partial charge in [0.25, 0.3) is 0 Å². The summed E-state index contributed by atoms with van der Waals surface area (Å²) in [6, 6.07) is 21.8. The van der Waals surface area contributed by atoms with Crippen molar-refractivity contribution in [2.45, 2.75) is 12.1 Å². The van der Waals surface area contributed by atoms with Crippen LogP contribution in [0.4, 0.5) is 14.5 Å². The predicted octanol–water partition coefficient (Wildman–Crippen LogP) is 5.33. The summed E-state index contributed by atoms with van der Waals surface area (Å²) in [5.41, 5.74) is 3.39. The van der Waals surface area contributed by atoms with Crippen LogP contribution in [0.2, 0.25) is 0 Å². The van der Waals surface area contributed by atoms with E-state index in [1.165, 1.54) is 24.3 Å². The molecule has 2 unspecified atom stereocenters. The molecule has 4 aromatic rings. The molecular formula is C24H18F2N4S. The molecule has 2 atom stereocenters. The minimum Gasteiger partial charge on any atom is -0.351 e. The Kier molecular flexibility index (Phi) is 4.95. The highest BCUT2D eigenvalue weighted by atomic mass is 32.1. The summed E-state index contributed by atoms with van der Waals surface area (Å²) in [7, 11) is 0. The van der Waals surface area contributed by atoms with Gasteiger partial charge in [0.15, 0.2) is 5.11 Å². The monoisotopic (exact) mass is 432 g/mol. The van der Waals surface area contributed by atoms with Crippen molar-refractivity contribution >= 4 is 23.0 Å². The van der Waals surface area contributed by atoms with Crippen LogP contribution in [-0.4, -0.2) is 14.7 Å². The van der Waals surface area contributed by atoms with Gasteiger partial charge in [-0.2, -0.15) is 0 Å². The fourth-order valence-electron chi connectivity index (χ4n) is 4.01. The summed E-state index contributed by atoms with van der Waals surface area (Å²) in [6.45, 7) is 0. The van der Waals surface area contributed by atoms with Crippen LogP contribution in [-0.2, 0) is 0 Å². The van der Waals surface area contributed by atoms with Crippen molar-refractivity contribution in [1.29, 1.82) is 0 Å². The molecule has 2 aromatic heterocycles. The molecule has 0 radical (unpaired) electrons. The quantitative estimate of drug-likeness (QED) is 0.442. The third kappa shape index (κ3) is 3.57. The Balaban J connectivity index is 1.66. The molecule has 4 nitrogen and oxygen atoms in total. The van der Waals surface area contributed by atoms with Gasteiger partial charge in [-0.25, -0.2) is 8.78 Å². The number of hydrogen-bond acceptors (Lipinski definition) is 2. The minimum atomic E-state index is -0.311. The van der Waals surface area contributed by atoms with E-state index in [0.717, 1.165) is 22.8 Å². The second-order valence-corrected chi connectivity index (χ2v) is 7.64. The largest absolute Gasteiger partial charge is 0.351 e. The zero-order valence-corrected chi connectivity index (χ0v) is 17.1. The molecule has 7 heteroatoms. The van der Waals surface area contributed by atoms with Crippen molar-refractivity contribution in [3.63, 3.8) is 0 Å². The van der Waals surface area contributed by atoms with E-state index in [9.17, 15) is 8.78 Å². The van der Waals surface area contributed by atoms with Crippen LogP contribution in [0.15, 0.2) is 91.3 Å². The molecule has 0 saturated carbocycles. The lowest BCUT2D eigenvalue weighted by molar-refractivity contribution is 0.549. The van der Waals surface area contributed by atoms with E-state index in [1.54, 1.807) is 30.5 Å². The lowest BCUT2D eigenvalue weighted by Gasteiger charge is -2.29. The molecule has 5 rings (SSSR count). The van der Waals surface area contributed by atoms with Gasteiger partial charge in [0.05, 0.1) is 11.7 Å². The Morgan fingerprint density at radius 3 is 2.13 bits per heavy atom. The molecule has 3 heterocycles. The number of anilines is 1. The minimum absolute atomic E-state index is 0.229. The number of pyridine rings is 1. The lowest BCUT2D eigenvalue weighted by atomic mass is 10.0. The Morgan fingerprint density at radius 2 is 1.48 bits per heavy atom. The van der Waals surface area contributed by atoms with Crippen LogP contribution in [0.1, 0.15) is 23.5 Å². The number of nitrogens with zero attached hydrogens (tertiary/aromatic N) is 3. The second kappa shape index (κ2) is 7.92. The average Bonchev–Trinajstić information content (AvgIpc) is 3.40. The molecule has 1 saturated heterocycles. The lowest BCUT2D eigenvalue weighted by Crippen LogP contribution is -2.30. The first-order chi connectivity index (χ1) is 15.1. The summed E-state index contributed by atoms with van der Waals surface area (Å²) < 4.78 is 29.1. The SMILES string of the molecule is Fc1ccc(N2C(=S)NC(c3ccccn3)C2c2cccn2-c2ccc(F)cc2)cc1. The maximum atomic E-state index is 13.6. The molecule has 2 aromatic carbocycles. The Labute approximate surface area is 183 Å². The first-order valence-corrected chi connectivity index (χ1v) is 10.2. The average molecular weight is 432 g/mol. The van der Waals surface area contributed by atoms with Gasteiger partial charge in [-0.05, 0) is 85.0 Å². The van der Waals surface area contributed by atoms with E-state index in [2.05, 4.69) is 10.3 Å². The van der Waals surface area contributed by atoms with Crippen molar-refractivity contribution in [2.24, 2.45) is 0 Å². The Hall–Kier alpha value is -3.58. The fourth-order valence-corrected chi connectivity index (χ4v) is 4.35. The predicted molar refractivity (Wildman–Crippen MR) is 120 cm³/mol. The van der Waals surface area contributed by atoms with Crippen LogP contribution in [0.5, 0.6) is 0 Å². The molecule has 1 aliphatic rings. The van der Waals surface area contributed by atoms with Crippen molar-refractivity contribution in [2.75, 3.05) is 4.90 Å². The van der Waals surface area contributed by atoms with Crippen molar-refractivity contribution in [3.05, 3.63) is 114 Å². The summed E-state index contributed by atoms with van der Waals surface area (Å²) in [5, 5.41) is 3.91. The number of halogens is 2. The van der Waals surface area contributed by atoms with Crippen LogP contribution in [0, 0.1) is 11.6 Å². The highest BCUT2D eigenvalue weighted by Gasteiger charge is 2.42. The molecule has 0 bridgehead atoms. The molecule has 0 amide bonds. The normalized spacial score (nSPS) is 18.3. The van der Waals surface area contributed by atoms with Gasteiger partial charge in [0.2, 0.25) is 0 Å². The second-order valence-electron chi connectivity index (χ2n) is 7.25. The Bertz CT molecular complexity index is 1210. The summed E-state index contributed by atoms with van der Waals surface area (Å²) in [4.78, 5) is 6.52. The topological polar surface area (TPSA) is 33.1 Å². The number of benzene rings is 2. The molecule has 0 aliphatic carbocycles. The molecule has 1 fully saturated rings. The number of aromatic nitrogens is 2. The van der Waals surface area contributed by atoms with Crippen LogP contribution in [0.3, 0.4) is 0 Å². The van der Waals surface area contributed by atoms with Crippen molar-refractivity contribution < 1.29 is 8.78 Å². The molecule has 1 N–H and O–H groups in total. The first kappa shape index (κ1) is 19.4. The van der Waals surface area contributed by atoms with Gasteiger partial charge in [-0.3, -0.25) is 4.98 Å². The molecule has 1 aliphatic heterocycles. The van der Waals surface area contributed by atoms with E-state index in [4.69, 9.17) is 12.2 Å². The highest BCUT2D eigenvalue weighted by molar-refractivity contribution is 7.80. The molecular weight excluding hydrogens is 414 g/mol. The van der Waals surface area contributed by atoms with Crippen LogP contribution >= 0.6 is 12.2 Å². The molecule has 31 heavy (non-hydrogen) atoms. The van der Waals surface area contributed by atoms with Gasteiger partial charge in [0, 0.05) is 29.5 Å². The number of thiocarbonyl (C=S) groups is 1. The van der Waals surface area contributed by atoms with E-state index >= 15 is 0 Å². The van der Waals surface area contributed by atoms with Crippen molar-refractivity contribution in [1.82, 2.24) is 14.9 Å². The van der Waals surface area contributed by atoms with Crippen molar-refractivity contribution in [3.8, 4) is 5.69 Å². The smallest absolute Gasteiger partial charge is 0.174 e. The third-order valence-electron chi connectivity index (χ3n) is 5.39. The number of nitrogens with one attached hydrogen (secondary N) is 1. The van der Waals surface area contributed by atoms with Crippen LogP contribution in [0.25, 0.3) is 5.69 Å². The van der Waals surface area contributed by atoms with Gasteiger partial charge in [-0.15, -0.1) is 0 Å². The third-order valence-corrected chi connectivity index (χ3v) is 5.71. The van der Waals surface area contributed by atoms with Gasteiger partial charge >= 0.3 is 0 Å². The Morgan fingerprint density at radius 1 is 0.806 bits per heavy atom. The molecule has 0 spiro atoms. The first-order valence-electron chi connectivity index (χ1n) is 9.81. The van der Waals surface area contributed by atoms with Crippen LogP contribution < -0.4 is 10.2 Å². The molecule has 154 valence electrons. The van der Waals surface area contributed by atoms with E-state index in [-0.39, 0.29) is 23.7 Å². The fraction of sp³-hybridized carbons (Fsp3) is 0.0833. The van der Waals surface area contributed by atoms with Gasteiger partial charge in [-0.1, -0.05) is 6.07 Å². The maximum absolute atomic E-state index is 13.6. The van der Waals surface area contributed by atoms with E-state index in [0.29, 0.717) is 5.11 Å². The zero-order valence-electron chi connectivity index (χ0n) is 16.3. The van der Waals surface area contributed by atoms with Gasteiger partial charge < -0.3 is 14.8 Å². The summed E-state index contributed by atoms with van der Waals surface area (Å²) in [5.74, 6) is -0.602. The maximum Gasteiger partial charge on any atom is 0.174 e. The number of rotatable bonds is 4. The van der Waals surface area contributed by atoms with Gasteiger partial charge in [0.1, 0.15) is 17.7 Å². The number of hydrogen-bond donors (Lipinski definition) is 1. The summed E-state index contributed by atoms with van der Waals surface area (Å²) >= 11 is 5.69.